The summed E-state index contributed by atoms with van der Waals surface area (Å²) in [5, 5.41) is 12.6. The maximum atomic E-state index is 9.58. The molecule has 1 fully saturated rings. The van der Waals surface area contributed by atoms with Crippen LogP contribution in [0.2, 0.25) is 0 Å². The van der Waals surface area contributed by atoms with Crippen molar-refractivity contribution >= 4 is 22.9 Å². The fourth-order valence-electron chi connectivity index (χ4n) is 2.52. The quantitative estimate of drug-likeness (QED) is 0.882. The molecule has 3 nitrogen and oxygen atoms in total. The third kappa shape index (κ3) is 3.20. The van der Waals surface area contributed by atoms with Gasteiger partial charge in [0.1, 0.15) is 5.01 Å². The topological polar surface area (TPSA) is 36.4 Å². The van der Waals surface area contributed by atoms with Crippen LogP contribution in [0.1, 0.15) is 17.7 Å². The van der Waals surface area contributed by atoms with E-state index in [1.165, 1.54) is 5.56 Å². The normalized spacial score (nSPS) is 19.6. The van der Waals surface area contributed by atoms with Gasteiger partial charge in [0.2, 0.25) is 0 Å². The lowest BCUT2D eigenvalue weighted by Crippen LogP contribution is -2.21. The number of hydrogen-bond donors (Lipinski definition) is 1. The van der Waals surface area contributed by atoms with E-state index < -0.39 is 0 Å². The lowest BCUT2D eigenvalue weighted by Gasteiger charge is -2.15. The summed E-state index contributed by atoms with van der Waals surface area (Å²) in [6.45, 7) is 2.63. The van der Waals surface area contributed by atoms with Crippen molar-refractivity contribution in [3.63, 3.8) is 0 Å². The van der Waals surface area contributed by atoms with Crippen LogP contribution in [0.25, 0.3) is 10.6 Å². The molecule has 0 spiro atoms. The number of β-amino-alcohol motifs (C(OH)–C–C–N with tert-alkyl or cyclic N) is 1. The summed E-state index contributed by atoms with van der Waals surface area (Å²) in [4.78, 5) is 6.80. The van der Waals surface area contributed by atoms with E-state index in [9.17, 15) is 5.11 Å². The van der Waals surface area contributed by atoms with Crippen LogP contribution < -0.4 is 0 Å². The number of thiazole rings is 1. The van der Waals surface area contributed by atoms with Gasteiger partial charge in [-0.3, -0.25) is 4.90 Å². The van der Waals surface area contributed by atoms with Gasteiger partial charge in [0.15, 0.2) is 0 Å². The van der Waals surface area contributed by atoms with Crippen LogP contribution in [0, 0.1) is 0 Å². The highest BCUT2D eigenvalue weighted by molar-refractivity contribution is 7.13. The van der Waals surface area contributed by atoms with Crippen LogP contribution in [0.15, 0.2) is 29.6 Å². The second-order valence-corrected chi connectivity index (χ2v) is 6.28. The SMILES string of the molecule is OC1CCN(Cc2cccc(-c3nc(CCl)cs3)c2)C1. The van der Waals surface area contributed by atoms with Crippen molar-refractivity contribution < 1.29 is 5.11 Å². The van der Waals surface area contributed by atoms with Gasteiger partial charge in [-0.15, -0.1) is 22.9 Å². The first-order valence-electron chi connectivity index (χ1n) is 6.74. The Morgan fingerprint density at radius 2 is 2.35 bits per heavy atom. The van der Waals surface area contributed by atoms with E-state index in [0.717, 1.165) is 42.3 Å². The third-order valence-electron chi connectivity index (χ3n) is 3.52. The fourth-order valence-corrected chi connectivity index (χ4v) is 3.56. The van der Waals surface area contributed by atoms with Gasteiger partial charge in [0.05, 0.1) is 17.7 Å². The largest absolute Gasteiger partial charge is 0.392 e. The molecule has 1 unspecified atom stereocenters. The number of aliphatic hydroxyl groups is 1. The van der Waals surface area contributed by atoms with E-state index in [1.54, 1.807) is 11.3 Å². The van der Waals surface area contributed by atoms with Gasteiger partial charge < -0.3 is 5.11 Å². The van der Waals surface area contributed by atoms with Crippen molar-refractivity contribution in [2.45, 2.75) is 24.9 Å². The van der Waals surface area contributed by atoms with Gasteiger partial charge in [-0.25, -0.2) is 4.98 Å². The van der Waals surface area contributed by atoms with Crippen molar-refractivity contribution in [2.75, 3.05) is 13.1 Å². The zero-order valence-corrected chi connectivity index (χ0v) is 12.7. The zero-order chi connectivity index (χ0) is 13.9. The minimum Gasteiger partial charge on any atom is -0.392 e. The summed E-state index contributed by atoms with van der Waals surface area (Å²) in [6, 6.07) is 8.46. The second kappa shape index (κ2) is 6.22. The summed E-state index contributed by atoms with van der Waals surface area (Å²) < 4.78 is 0. The van der Waals surface area contributed by atoms with Gasteiger partial charge in [-0.05, 0) is 18.1 Å². The first kappa shape index (κ1) is 14.0. The lowest BCUT2D eigenvalue weighted by molar-refractivity contribution is 0.175. The molecule has 20 heavy (non-hydrogen) atoms. The molecule has 1 aromatic carbocycles. The molecule has 0 saturated carbocycles. The summed E-state index contributed by atoms with van der Waals surface area (Å²) in [5.41, 5.74) is 3.34. The van der Waals surface area contributed by atoms with Gasteiger partial charge in [-0.2, -0.15) is 0 Å². The van der Waals surface area contributed by atoms with Crippen molar-refractivity contribution in [1.29, 1.82) is 0 Å². The highest BCUT2D eigenvalue weighted by Crippen LogP contribution is 2.26. The summed E-state index contributed by atoms with van der Waals surface area (Å²) in [5.74, 6) is 0.460. The average molecular weight is 309 g/mol. The Kier molecular flexibility index (Phi) is 4.36. The molecule has 0 radical (unpaired) electrons. The molecule has 1 atom stereocenters. The van der Waals surface area contributed by atoms with E-state index in [1.807, 2.05) is 5.38 Å². The predicted molar refractivity (Wildman–Crippen MR) is 83.0 cm³/mol. The van der Waals surface area contributed by atoms with Crippen LogP contribution in [-0.4, -0.2) is 34.2 Å². The smallest absolute Gasteiger partial charge is 0.123 e. The molecular formula is C15H17ClN2OS. The summed E-state index contributed by atoms with van der Waals surface area (Å²) in [6.07, 6.45) is 0.717. The molecule has 3 rings (SSSR count). The number of hydrogen-bond acceptors (Lipinski definition) is 4. The highest BCUT2D eigenvalue weighted by Gasteiger charge is 2.20. The monoisotopic (exact) mass is 308 g/mol. The van der Waals surface area contributed by atoms with E-state index >= 15 is 0 Å². The molecule has 0 bridgehead atoms. The maximum absolute atomic E-state index is 9.58. The number of halogens is 1. The Morgan fingerprint density at radius 3 is 3.05 bits per heavy atom. The average Bonchev–Trinajstić information content (AvgIpc) is 3.08. The number of rotatable bonds is 4. The minimum atomic E-state index is -0.163. The summed E-state index contributed by atoms with van der Waals surface area (Å²) in [7, 11) is 0. The third-order valence-corrected chi connectivity index (χ3v) is 4.73. The number of nitrogens with zero attached hydrogens (tertiary/aromatic N) is 2. The van der Waals surface area contributed by atoms with Crippen LogP contribution in [-0.2, 0) is 12.4 Å². The van der Waals surface area contributed by atoms with Gasteiger partial charge >= 0.3 is 0 Å². The van der Waals surface area contributed by atoms with Crippen LogP contribution in [0.4, 0.5) is 0 Å². The van der Waals surface area contributed by atoms with E-state index in [2.05, 4.69) is 34.1 Å². The molecule has 2 aromatic rings. The number of benzene rings is 1. The predicted octanol–water partition coefficient (Wildman–Crippen LogP) is 3.12. The first-order chi connectivity index (χ1) is 9.74. The zero-order valence-electron chi connectivity index (χ0n) is 11.1. The minimum absolute atomic E-state index is 0.163. The molecule has 0 aliphatic carbocycles. The highest BCUT2D eigenvalue weighted by atomic mass is 35.5. The number of likely N-dealkylation sites (tertiary alicyclic amines) is 1. The van der Waals surface area contributed by atoms with Crippen LogP contribution >= 0.6 is 22.9 Å². The maximum Gasteiger partial charge on any atom is 0.123 e. The molecule has 1 aliphatic rings. The first-order valence-corrected chi connectivity index (χ1v) is 8.16. The van der Waals surface area contributed by atoms with Crippen LogP contribution in [0.3, 0.4) is 0 Å². The van der Waals surface area contributed by atoms with E-state index in [4.69, 9.17) is 11.6 Å². The Labute approximate surface area is 127 Å². The van der Waals surface area contributed by atoms with Crippen molar-refractivity contribution in [2.24, 2.45) is 0 Å². The number of aromatic nitrogens is 1. The van der Waals surface area contributed by atoms with Gasteiger partial charge in [-0.1, -0.05) is 18.2 Å². The van der Waals surface area contributed by atoms with Gasteiger partial charge in [0.25, 0.3) is 0 Å². The molecule has 1 aromatic heterocycles. The number of aliphatic hydroxyl groups excluding tert-OH is 1. The number of alkyl halides is 1. The Hall–Kier alpha value is -0.940. The second-order valence-electron chi connectivity index (χ2n) is 5.16. The van der Waals surface area contributed by atoms with Crippen molar-refractivity contribution in [1.82, 2.24) is 9.88 Å². The summed E-state index contributed by atoms with van der Waals surface area (Å²) >= 11 is 7.43. The van der Waals surface area contributed by atoms with E-state index in [-0.39, 0.29) is 6.10 Å². The molecule has 1 saturated heterocycles. The Bertz CT molecular complexity index is 587. The molecular weight excluding hydrogens is 292 g/mol. The molecule has 106 valence electrons. The van der Waals surface area contributed by atoms with E-state index in [0.29, 0.717) is 5.88 Å². The van der Waals surface area contributed by atoms with Crippen molar-refractivity contribution in [3.05, 3.63) is 40.9 Å². The fraction of sp³-hybridized carbons (Fsp3) is 0.400. The lowest BCUT2D eigenvalue weighted by atomic mass is 10.1. The molecule has 1 N–H and O–H groups in total. The standard InChI is InChI=1S/C15H17ClN2OS/c16-7-13-10-20-15(17-13)12-3-1-2-11(6-12)8-18-5-4-14(19)9-18/h1-3,6,10,14,19H,4-5,7-9H2. The molecule has 2 heterocycles. The molecule has 1 aliphatic heterocycles. The molecule has 0 amide bonds. The Morgan fingerprint density at radius 1 is 1.45 bits per heavy atom. The molecule has 5 heteroatoms. The van der Waals surface area contributed by atoms with Crippen LogP contribution in [0.5, 0.6) is 0 Å². The van der Waals surface area contributed by atoms with Gasteiger partial charge in [0, 0.05) is 30.6 Å². The Balaban J connectivity index is 1.75. The van der Waals surface area contributed by atoms with Crippen molar-refractivity contribution in [3.8, 4) is 10.6 Å².